The molecule has 0 spiro atoms. The predicted molar refractivity (Wildman–Crippen MR) is 99.7 cm³/mol. The van der Waals surface area contributed by atoms with Gasteiger partial charge in [0.05, 0.1) is 30.6 Å². The average Bonchev–Trinajstić information content (AvgIpc) is 2.79. The first-order valence-electron chi connectivity index (χ1n) is 8.00. The molecule has 1 N–H and O–H groups in total. The van der Waals surface area contributed by atoms with Gasteiger partial charge in [0.25, 0.3) is 0 Å². The van der Waals surface area contributed by atoms with Crippen LogP contribution in [0.15, 0.2) is 34.6 Å². The van der Waals surface area contributed by atoms with Crippen LogP contribution in [0.2, 0.25) is 0 Å². The lowest BCUT2D eigenvalue weighted by atomic mass is 10.1. The minimum absolute atomic E-state index is 0.0561. The van der Waals surface area contributed by atoms with Gasteiger partial charge in [-0.15, -0.1) is 0 Å². The molecule has 1 aromatic rings. The van der Waals surface area contributed by atoms with Gasteiger partial charge < -0.3 is 10.1 Å². The highest BCUT2D eigenvalue weighted by atomic mass is 16.5. The van der Waals surface area contributed by atoms with Crippen LogP contribution in [0.3, 0.4) is 0 Å². The van der Waals surface area contributed by atoms with E-state index in [1.54, 1.807) is 32.2 Å². The molecule has 0 radical (unpaired) electrons. The predicted octanol–water partition coefficient (Wildman–Crippen LogP) is 3.98. The van der Waals surface area contributed by atoms with Crippen molar-refractivity contribution in [2.75, 3.05) is 17.4 Å². The third kappa shape index (κ3) is 4.94. The van der Waals surface area contributed by atoms with E-state index in [2.05, 4.69) is 17.1 Å². The Hall–Kier alpha value is -2.63. The third-order valence-electron chi connectivity index (χ3n) is 3.06. The van der Waals surface area contributed by atoms with E-state index in [-0.39, 0.29) is 12.3 Å². The van der Waals surface area contributed by atoms with Crippen LogP contribution in [0, 0.1) is 0 Å². The van der Waals surface area contributed by atoms with Gasteiger partial charge in [-0.1, -0.05) is 27.7 Å². The number of nitrogens with zero attached hydrogens (tertiary/aromatic N) is 2. The second-order valence-corrected chi connectivity index (χ2v) is 4.31. The standard InChI is InChI=1S/C14H15N3O3.2C2H6/c1-9(8-18)12-7-14(19)16-11-5-4-10(20-3)6-13(11)17(12)15-2;2*1-2/h4-6,8H,2,7H2,1,3H3,(H,16,19);2*1-2H3/b12-9+;;. The minimum Gasteiger partial charge on any atom is -0.497 e. The number of rotatable bonds is 3. The molecule has 1 aliphatic heterocycles. The first kappa shape index (κ1) is 21.4. The molecular weight excluding hydrogens is 306 g/mol. The summed E-state index contributed by atoms with van der Waals surface area (Å²) in [5.74, 6) is 0.412. The van der Waals surface area contributed by atoms with Crippen molar-refractivity contribution in [3.63, 3.8) is 0 Å². The van der Waals surface area contributed by atoms with E-state index < -0.39 is 0 Å². The number of benzene rings is 1. The zero-order valence-electron chi connectivity index (χ0n) is 15.3. The molecular formula is C18H27N3O3. The molecule has 0 fully saturated rings. The van der Waals surface area contributed by atoms with E-state index in [4.69, 9.17) is 4.74 Å². The van der Waals surface area contributed by atoms with Gasteiger partial charge in [-0.2, -0.15) is 5.10 Å². The number of anilines is 2. The molecule has 1 aromatic carbocycles. The number of nitrogens with one attached hydrogen (secondary N) is 1. The second-order valence-electron chi connectivity index (χ2n) is 4.31. The van der Waals surface area contributed by atoms with E-state index >= 15 is 0 Å². The smallest absolute Gasteiger partial charge is 0.230 e. The largest absolute Gasteiger partial charge is 0.497 e. The molecule has 1 amide bonds. The van der Waals surface area contributed by atoms with E-state index in [0.717, 1.165) is 0 Å². The zero-order valence-corrected chi connectivity index (χ0v) is 15.3. The van der Waals surface area contributed by atoms with E-state index in [1.807, 2.05) is 27.7 Å². The number of ether oxygens (including phenoxy) is 1. The highest BCUT2D eigenvalue weighted by Crippen LogP contribution is 2.36. The lowest BCUT2D eigenvalue weighted by Crippen LogP contribution is -2.18. The number of fused-ring (bicyclic) bond motifs is 1. The van der Waals surface area contributed by atoms with E-state index in [9.17, 15) is 9.59 Å². The highest BCUT2D eigenvalue weighted by Gasteiger charge is 2.25. The van der Waals surface area contributed by atoms with Crippen molar-refractivity contribution in [1.82, 2.24) is 0 Å². The third-order valence-corrected chi connectivity index (χ3v) is 3.06. The summed E-state index contributed by atoms with van der Waals surface area (Å²) in [6.45, 7) is 13.2. The summed E-state index contributed by atoms with van der Waals surface area (Å²) in [5, 5.41) is 8.19. The van der Waals surface area contributed by atoms with Gasteiger partial charge >= 0.3 is 0 Å². The SMILES string of the molecule is C=NN1/C(=C(\C)C=O)CC(=O)Nc2ccc(OC)cc21.CC.CC. The van der Waals surface area contributed by atoms with Gasteiger partial charge in [-0.25, -0.2) is 5.01 Å². The van der Waals surface area contributed by atoms with Gasteiger partial charge in [-0.05, 0) is 19.1 Å². The van der Waals surface area contributed by atoms with Gasteiger partial charge in [0, 0.05) is 18.4 Å². The van der Waals surface area contributed by atoms with Gasteiger partial charge in [0.15, 0.2) is 0 Å². The number of amides is 1. The number of allylic oxidation sites excluding steroid dienone is 1. The summed E-state index contributed by atoms with van der Waals surface area (Å²) >= 11 is 0. The fourth-order valence-corrected chi connectivity index (χ4v) is 2.02. The summed E-state index contributed by atoms with van der Waals surface area (Å²) < 4.78 is 5.18. The Bertz CT molecular complexity index is 610. The fraction of sp³-hybridized carbons (Fsp3) is 0.389. The molecule has 1 heterocycles. The summed E-state index contributed by atoms with van der Waals surface area (Å²) in [4.78, 5) is 22.9. The van der Waals surface area contributed by atoms with Crippen molar-refractivity contribution in [3.05, 3.63) is 29.5 Å². The Morgan fingerprint density at radius 1 is 1.33 bits per heavy atom. The number of methoxy groups -OCH3 is 1. The Morgan fingerprint density at radius 2 is 1.96 bits per heavy atom. The van der Waals surface area contributed by atoms with Crippen LogP contribution >= 0.6 is 0 Å². The number of carbonyl (C=O) groups is 2. The number of hydrazone groups is 1. The molecule has 132 valence electrons. The molecule has 2 rings (SSSR count). The van der Waals surface area contributed by atoms with Crippen molar-refractivity contribution in [2.24, 2.45) is 5.10 Å². The maximum atomic E-state index is 11.9. The summed E-state index contributed by atoms with van der Waals surface area (Å²) in [6.07, 6.45) is 0.756. The molecule has 0 bridgehead atoms. The summed E-state index contributed by atoms with van der Waals surface area (Å²) in [6, 6.07) is 5.19. The lowest BCUT2D eigenvalue weighted by molar-refractivity contribution is -0.115. The Morgan fingerprint density at radius 3 is 2.46 bits per heavy atom. The highest BCUT2D eigenvalue weighted by molar-refractivity contribution is 5.99. The Balaban J connectivity index is 0.00000123. The van der Waals surface area contributed by atoms with Crippen LogP contribution in [0.5, 0.6) is 5.75 Å². The van der Waals surface area contributed by atoms with Crippen molar-refractivity contribution >= 4 is 30.3 Å². The molecule has 6 nitrogen and oxygen atoms in total. The zero-order chi connectivity index (χ0) is 18.7. The first-order valence-corrected chi connectivity index (χ1v) is 8.00. The van der Waals surface area contributed by atoms with Crippen LogP contribution < -0.4 is 15.1 Å². The number of hydrogen-bond acceptors (Lipinski definition) is 5. The maximum Gasteiger partial charge on any atom is 0.230 e. The monoisotopic (exact) mass is 333 g/mol. The van der Waals surface area contributed by atoms with Crippen molar-refractivity contribution in [2.45, 2.75) is 41.0 Å². The fourth-order valence-electron chi connectivity index (χ4n) is 2.02. The molecule has 24 heavy (non-hydrogen) atoms. The maximum absolute atomic E-state index is 11.9. The second kappa shape index (κ2) is 11.0. The molecule has 0 atom stereocenters. The van der Waals surface area contributed by atoms with Crippen LogP contribution in [-0.4, -0.2) is 26.0 Å². The van der Waals surface area contributed by atoms with Crippen LogP contribution in [0.25, 0.3) is 0 Å². The normalized spacial score (nSPS) is 14.4. The van der Waals surface area contributed by atoms with Gasteiger partial charge in [0.1, 0.15) is 12.0 Å². The number of aldehydes is 1. The molecule has 0 aliphatic carbocycles. The average molecular weight is 333 g/mol. The molecule has 1 aliphatic rings. The van der Waals surface area contributed by atoms with E-state index in [0.29, 0.717) is 34.7 Å². The van der Waals surface area contributed by atoms with Crippen molar-refractivity contribution in [1.29, 1.82) is 0 Å². The summed E-state index contributed by atoms with van der Waals surface area (Å²) in [7, 11) is 1.55. The Kier molecular flexibility index (Phi) is 9.79. The summed E-state index contributed by atoms with van der Waals surface area (Å²) in [5.41, 5.74) is 2.14. The first-order chi connectivity index (χ1) is 11.6. The quantitative estimate of drug-likeness (QED) is 0.516. The van der Waals surface area contributed by atoms with Crippen molar-refractivity contribution in [3.8, 4) is 5.75 Å². The molecule has 0 aromatic heterocycles. The molecule has 6 heteroatoms. The van der Waals surface area contributed by atoms with Crippen LogP contribution in [0.4, 0.5) is 11.4 Å². The van der Waals surface area contributed by atoms with Gasteiger partial charge in [0.2, 0.25) is 5.91 Å². The lowest BCUT2D eigenvalue weighted by Gasteiger charge is -2.21. The van der Waals surface area contributed by atoms with Gasteiger partial charge in [-0.3, -0.25) is 9.59 Å². The number of carbonyl (C=O) groups excluding carboxylic acids is 2. The topological polar surface area (TPSA) is 71.0 Å². The Labute approximate surface area is 144 Å². The number of hydrogen-bond donors (Lipinski definition) is 1. The molecule has 0 unspecified atom stereocenters. The van der Waals surface area contributed by atoms with Crippen molar-refractivity contribution < 1.29 is 14.3 Å². The van der Waals surface area contributed by atoms with Crippen LogP contribution in [0.1, 0.15) is 41.0 Å². The molecule has 0 saturated heterocycles. The van der Waals surface area contributed by atoms with Crippen LogP contribution in [-0.2, 0) is 9.59 Å². The minimum atomic E-state index is -0.209. The molecule has 0 saturated carbocycles. The van der Waals surface area contributed by atoms with E-state index in [1.165, 1.54) is 5.01 Å².